The first kappa shape index (κ1) is 64.3. The van der Waals surface area contributed by atoms with Crippen molar-refractivity contribution in [1.29, 1.82) is 0 Å². The van der Waals surface area contributed by atoms with E-state index in [0.29, 0.717) is 50.1 Å². The first-order chi connectivity index (χ1) is 26.0. The van der Waals surface area contributed by atoms with Crippen molar-refractivity contribution in [3.63, 3.8) is 0 Å². The van der Waals surface area contributed by atoms with Crippen LogP contribution in [0.1, 0.15) is 199 Å². The van der Waals surface area contributed by atoms with Gasteiger partial charge < -0.3 is 14.7 Å². The Kier molecular flexibility index (Phi) is 46.8. The van der Waals surface area contributed by atoms with Gasteiger partial charge in [-0.3, -0.25) is 27.1 Å². The molecule has 0 aromatic rings. The Labute approximate surface area is 378 Å². The van der Waals surface area contributed by atoms with Crippen LogP contribution in [0.25, 0.3) is 0 Å². The fourth-order valence-corrected chi connectivity index (χ4v) is 8.51. The second kappa shape index (κ2) is 40.7. The molecule has 0 aliphatic heterocycles. The Morgan fingerprint density at radius 1 is 0.375 bits per heavy atom. The molecule has 340 valence electrons. The smallest absolute Gasteiger partial charge is 0.302 e. The van der Waals surface area contributed by atoms with E-state index in [9.17, 15) is 28.4 Å². The summed E-state index contributed by atoms with van der Waals surface area (Å²) in [5, 5.41) is 0. The molecule has 0 rings (SSSR count). The van der Waals surface area contributed by atoms with Gasteiger partial charge in [0.1, 0.15) is 0 Å². The largest absolute Gasteiger partial charge is 0.472 e. The van der Waals surface area contributed by atoms with Crippen molar-refractivity contribution in [2.45, 2.75) is 211 Å². The Balaban J connectivity index is -0.000000359. The molecule has 0 radical (unpaired) electrons. The minimum absolute atomic E-state index is 0. The van der Waals surface area contributed by atoms with Gasteiger partial charge in [0.2, 0.25) is 0 Å². The summed E-state index contributed by atoms with van der Waals surface area (Å²) in [5.74, 6) is 1.36. The maximum Gasteiger partial charge on any atom is 0.472 e. The van der Waals surface area contributed by atoms with E-state index in [-0.39, 0.29) is 53.0 Å². The summed E-state index contributed by atoms with van der Waals surface area (Å²) >= 11 is 0. The second-order valence-electron chi connectivity index (χ2n) is 14.6. The molecular formula is C40H89NdO12P3. The van der Waals surface area contributed by atoms with Crippen molar-refractivity contribution < 1.29 is 96.4 Å². The van der Waals surface area contributed by atoms with E-state index in [4.69, 9.17) is 27.1 Å². The van der Waals surface area contributed by atoms with E-state index in [1.54, 1.807) is 0 Å². The monoisotopic (exact) mass is 996 g/mol. The zero-order valence-electron chi connectivity index (χ0n) is 37.9. The third kappa shape index (κ3) is 38.6. The van der Waals surface area contributed by atoms with Crippen LogP contribution in [-0.4, -0.2) is 53.3 Å². The van der Waals surface area contributed by atoms with Crippen molar-refractivity contribution >= 4 is 23.5 Å². The molecule has 0 heterocycles. The van der Waals surface area contributed by atoms with E-state index >= 15 is 0 Å². The first-order valence-corrected chi connectivity index (χ1v) is 26.4. The van der Waals surface area contributed by atoms with E-state index in [1.807, 2.05) is 27.7 Å². The van der Waals surface area contributed by atoms with E-state index in [2.05, 4.69) is 55.4 Å². The third-order valence-electron chi connectivity index (χ3n) is 10.1. The molecule has 0 saturated heterocycles. The number of hydrogen-bond donors (Lipinski definition) is 3. The van der Waals surface area contributed by atoms with Crippen LogP contribution in [0.3, 0.4) is 0 Å². The van der Waals surface area contributed by atoms with Gasteiger partial charge in [0, 0.05) is 40.8 Å². The summed E-state index contributed by atoms with van der Waals surface area (Å²) in [6.07, 6.45) is 17.2. The van der Waals surface area contributed by atoms with Crippen LogP contribution in [0.4, 0.5) is 0 Å². The van der Waals surface area contributed by atoms with Gasteiger partial charge in [0.15, 0.2) is 0 Å². The predicted molar refractivity (Wildman–Crippen MR) is 228 cm³/mol. The van der Waals surface area contributed by atoms with Crippen molar-refractivity contribution in [1.82, 2.24) is 0 Å². The topological polar surface area (TPSA) is 167 Å². The minimum Gasteiger partial charge on any atom is -0.302 e. The third-order valence-corrected chi connectivity index (χ3v) is 13.1. The molecule has 0 fully saturated rings. The fraction of sp³-hybridized carbons (Fsp3) is 1.00. The van der Waals surface area contributed by atoms with Gasteiger partial charge in [-0.2, -0.15) is 0 Å². The molecule has 0 aromatic heterocycles. The summed E-state index contributed by atoms with van der Waals surface area (Å²) in [4.78, 5) is 28.9. The number of unbranched alkanes of at least 4 members (excludes halogenated alkanes) is 3. The summed E-state index contributed by atoms with van der Waals surface area (Å²) in [6, 6.07) is 0. The molecule has 6 unspecified atom stereocenters. The van der Waals surface area contributed by atoms with Gasteiger partial charge in [-0.25, -0.2) is 13.7 Å². The van der Waals surface area contributed by atoms with Crippen LogP contribution < -0.4 is 0 Å². The van der Waals surface area contributed by atoms with E-state index < -0.39 is 23.5 Å². The van der Waals surface area contributed by atoms with Crippen LogP contribution in [0.5, 0.6) is 0 Å². The average Bonchev–Trinajstić information content (AvgIpc) is 3.17. The molecule has 6 atom stereocenters. The standard InChI is InChI=1S/C14H31O4P.2C13H29O4P.Nd/c1-5-9-10-14(8-4)12-18-19(15,16)17-11-13(6-2)7-3;2*1-5-9-10-12(6-2)11-16-18(14,15)17-13(7-3)8-4;/h13-14H,5-12H2,1-4H3,(H,15,16);2*12-13H,5-11H2,1-4H3,(H,14,15);. The fourth-order valence-electron chi connectivity index (χ4n) is 5.37. The Hall–Kier alpha value is 1.68. The molecule has 0 spiro atoms. The summed E-state index contributed by atoms with van der Waals surface area (Å²) < 4.78 is 65.9. The molecule has 16 heteroatoms. The van der Waals surface area contributed by atoms with Crippen LogP contribution >= 0.6 is 23.5 Å². The van der Waals surface area contributed by atoms with Crippen molar-refractivity contribution in [2.75, 3.05) is 26.4 Å². The number of hydrogen-bond acceptors (Lipinski definition) is 9. The SMILES string of the molecule is CCCCC(CC)COP(=O)(O)OC(CC)CC.CCCCC(CC)COP(=O)(O)OC(CC)CC.CCCCC(CC)COP(=O)(O)OCC(CC)CC.[Nd]. The quantitative estimate of drug-likeness (QED) is 0.0523. The van der Waals surface area contributed by atoms with Crippen LogP contribution in [-0.2, 0) is 40.8 Å². The molecular weight excluding hydrogens is 910 g/mol. The average molecular weight is 999 g/mol. The van der Waals surface area contributed by atoms with Crippen molar-refractivity contribution in [2.24, 2.45) is 23.7 Å². The van der Waals surface area contributed by atoms with Crippen molar-refractivity contribution in [3.05, 3.63) is 0 Å². The Bertz CT molecular complexity index is 934. The van der Waals surface area contributed by atoms with Gasteiger partial charge in [-0.15, -0.1) is 0 Å². The summed E-state index contributed by atoms with van der Waals surface area (Å²) in [5.41, 5.74) is 0. The van der Waals surface area contributed by atoms with E-state index in [0.717, 1.165) is 116 Å². The minimum atomic E-state index is -3.88. The van der Waals surface area contributed by atoms with Gasteiger partial charge in [-0.1, -0.05) is 154 Å². The van der Waals surface area contributed by atoms with Gasteiger partial charge >= 0.3 is 23.5 Å². The number of rotatable bonds is 34. The number of phosphoric acid groups is 3. The maximum absolute atomic E-state index is 11.8. The van der Waals surface area contributed by atoms with Crippen LogP contribution in [0, 0.1) is 64.5 Å². The second-order valence-corrected chi connectivity index (χ2v) is 18.9. The normalized spacial score (nSPS) is 16.4. The predicted octanol–water partition coefficient (Wildman–Crippen LogP) is 13.8. The molecule has 0 bridgehead atoms. The Morgan fingerprint density at radius 2 is 0.607 bits per heavy atom. The summed E-state index contributed by atoms with van der Waals surface area (Å²) in [7, 11) is -11.6. The molecule has 0 amide bonds. The number of phosphoric ester groups is 3. The first-order valence-electron chi connectivity index (χ1n) is 21.9. The summed E-state index contributed by atoms with van der Waals surface area (Å²) in [6.45, 7) is 25.7. The Morgan fingerprint density at radius 3 is 0.821 bits per heavy atom. The zero-order chi connectivity index (χ0) is 42.8. The molecule has 0 aromatic carbocycles. The molecule has 12 nitrogen and oxygen atoms in total. The molecule has 0 aliphatic rings. The molecule has 56 heavy (non-hydrogen) atoms. The van der Waals surface area contributed by atoms with Crippen LogP contribution in [0.2, 0.25) is 0 Å². The zero-order valence-corrected chi connectivity index (χ0v) is 43.8. The van der Waals surface area contributed by atoms with Crippen molar-refractivity contribution in [3.8, 4) is 0 Å². The van der Waals surface area contributed by atoms with Gasteiger partial charge in [0.05, 0.1) is 38.6 Å². The molecule has 0 saturated carbocycles. The molecule has 3 N–H and O–H groups in total. The molecule has 0 aliphatic carbocycles. The maximum atomic E-state index is 11.8. The van der Waals surface area contributed by atoms with Gasteiger partial charge in [0.25, 0.3) is 0 Å². The van der Waals surface area contributed by atoms with Gasteiger partial charge in [-0.05, 0) is 68.6 Å². The van der Waals surface area contributed by atoms with Crippen LogP contribution in [0.15, 0.2) is 0 Å². The van der Waals surface area contributed by atoms with E-state index in [1.165, 1.54) is 0 Å².